The third-order valence-electron chi connectivity index (χ3n) is 5.64. The van der Waals surface area contributed by atoms with E-state index < -0.39 is 6.11 Å². The van der Waals surface area contributed by atoms with E-state index in [1.807, 2.05) is 38.2 Å². The number of amides is 1. The fraction of sp³-hybridized carbons (Fsp3) is 0.333. The molecule has 2 aromatic carbocycles. The second-order valence-corrected chi connectivity index (χ2v) is 8.19. The summed E-state index contributed by atoms with van der Waals surface area (Å²) in [4.78, 5) is 14.2. The molecule has 32 heavy (non-hydrogen) atoms. The molecule has 1 N–H and O–H groups in total. The van der Waals surface area contributed by atoms with Gasteiger partial charge in [-0.2, -0.15) is 13.9 Å². The summed E-state index contributed by atoms with van der Waals surface area (Å²) in [5.74, 6) is 0.0332. The molecule has 2 heterocycles. The third-order valence-corrected chi connectivity index (χ3v) is 5.64. The molecule has 168 valence electrons. The van der Waals surface area contributed by atoms with Crippen LogP contribution in [0.3, 0.4) is 0 Å². The highest BCUT2D eigenvalue weighted by Gasteiger charge is 2.33. The van der Waals surface area contributed by atoms with Crippen LogP contribution in [-0.4, -0.2) is 27.8 Å². The predicted molar refractivity (Wildman–Crippen MR) is 120 cm³/mol. The highest BCUT2D eigenvalue weighted by molar-refractivity contribution is 5.94. The number of hydrogen-bond acceptors (Lipinski definition) is 4. The van der Waals surface area contributed by atoms with E-state index in [2.05, 4.69) is 10.4 Å². The minimum atomic E-state index is -3.30. The summed E-state index contributed by atoms with van der Waals surface area (Å²) >= 11 is 0. The Hall–Kier alpha value is -3.42. The van der Waals surface area contributed by atoms with Crippen molar-refractivity contribution >= 4 is 17.3 Å². The molecule has 8 heteroatoms. The van der Waals surface area contributed by atoms with Gasteiger partial charge in [-0.3, -0.25) is 9.48 Å². The normalized spacial score (nSPS) is 18.2. The van der Waals surface area contributed by atoms with Gasteiger partial charge in [0.1, 0.15) is 5.75 Å². The van der Waals surface area contributed by atoms with Gasteiger partial charge < -0.3 is 15.0 Å². The molecule has 0 spiro atoms. The maximum atomic E-state index is 13.6. The number of anilines is 2. The van der Waals surface area contributed by atoms with Gasteiger partial charge in [0.15, 0.2) is 0 Å². The Kier molecular flexibility index (Phi) is 5.62. The number of carbonyl (C=O) groups excluding carboxylic acids is 1. The van der Waals surface area contributed by atoms with Crippen LogP contribution in [0.2, 0.25) is 0 Å². The van der Waals surface area contributed by atoms with Crippen molar-refractivity contribution in [1.82, 2.24) is 9.78 Å². The number of carbonyl (C=O) groups is 1. The number of rotatable bonds is 5. The van der Waals surface area contributed by atoms with Crippen molar-refractivity contribution in [3.63, 3.8) is 0 Å². The number of nitrogens with one attached hydrogen (secondary N) is 1. The zero-order chi connectivity index (χ0) is 23.0. The molecule has 6 nitrogen and oxygen atoms in total. The van der Waals surface area contributed by atoms with Crippen molar-refractivity contribution in [2.24, 2.45) is 7.05 Å². The van der Waals surface area contributed by atoms with Gasteiger partial charge in [0.2, 0.25) is 5.91 Å². The van der Waals surface area contributed by atoms with Gasteiger partial charge in [0.05, 0.1) is 17.4 Å². The van der Waals surface area contributed by atoms with Gasteiger partial charge in [0.25, 0.3) is 0 Å². The van der Waals surface area contributed by atoms with Crippen LogP contribution in [0.15, 0.2) is 54.7 Å². The number of halogens is 2. The largest absolute Gasteiger partial charge is 0.431 e. The maximum absolute atomic E-state index is 13.6. The second kappa shape index (κ2) is 8.26. The van der Waals surface area contributed by atoms with Gasteiger partial charge in [-0.25, -0.2) is 0 Å². The van der Waals surface area contributed by atoms with Crippen LogP contribution in [0.5, 0.6) is 5.75 Å². The Morgan fingerprint density at radius 3 is 2.62 bits per heavy atom. The molecule has 1 aromatic heterocycles. The monoisotopic (exact) mass is 440 g/mol. The van der Waals surface area contributed by atoms with Crippen molar-refractivity contribution in [2.45, 2.75) is 45.4 Å². The number of para-hydroxylation sites is 2. The Morgan fingerprint density at radius 1 is 1.22 bits per heavy atom. The van der Waals surface area contributed by atoms with Crippen molar-refractivity contribution in [3.05, 3.63) is 60.3 Å². The summed E-state index contributed by atoms with van der Waals surface area (Å²) in [6.07, 6.45) is -0.959. The highest BCUT2D eigenvalue weighted by Crippen LogP contribution is 2.42. The zero-order valence-electron chi connectivity index (χ0n) is 18.5. The van der Waals surface area contributed by atoms with Crippen molar-refractivity contribution in [1.29, 1.82) is 0 Å². The van der Waals surface area contributed by atoms with Gasteiger partial charge >= 0.3 is 6.11 Å². The summed E-state index contributed by atoms with van der Waals surface area (Å²) in [6.45, 7) is 4.25. The standard InChI is InChI=1S/C24H26F2N4O2/c1-15-13-20(28-19-7-5-6-8-23(19)32-24(3,25)26)18-14-17(21-11-12-27-29(21)4)9-10-22(18)30(15)16(2)31/h5-12,14-15,20,28H,13H2,1-4H3/t15-,20+/m0/s1. The maximum Gasteiger partial charge on any atom is 0.394 e. The van der Waals surface area contributed by atoms with E-state index in [1.165, 1.54) is 6.07 Å². The summed E-state index contributed by atoms with van der Waals surface area (Å²) in [6, 6.07) is 14.2. The molecule has 0 radical (unpaired) electrons. The number of alkyl halides is 2. The Balaban J connectivity index is 1.77. The van der Waals surface area contributed by atoms with Crippen LogP contribution in [-0.2, 0) is 11.8 Å². The number of fused-ring (bicyclic) bond motifs is 1. The van der Waals surface area contributed by atoms with Crippen LogP contribution in [0.25, 0.3) is 11.3 Å². The topological polar surface area (TPSA) is 59.4 Å². The lowest BCUT2D eigenvalue weighted by atomic mass is 9.89. The fourth-order valence-corrected chi connectivity index (χ4v) is 4.35. The Bertz CT molecular complexity index is 1140. The molecule has 0 saturated carbocycles. The van der Waals surface area contributed by atoms with Gasteiger partial charge in [-0.15, -0.1) is 0 Å². The smallest absolute Gasteiger partial charge is 0.394 e. The molecule has 2 atom stereocenters. The quantitative estimate of drug-likeness (QED) is 0.579. The van der Waals surface area contributed by atoms with Crippen LogP contribution >= 0.6 is 0 Å². The lowest BCUT2D eigenvalue weighted by Crippen LogP contribution is -2.43. The number of nitrogens with zero attached hydrogens (tertiary/aromatic N) is 3. The van der Waals surface area contributed by atoms with E-state index in [4.69, 9.17) is 4.74 Å². The van der Waals surface area contributed by atoms with E-state index in [0.29, 0.717) is 19.0 Å². The van der Waals surface area contributed by atoms with E-state index in [9.17, 15) is 13.6 Å². The average molecular weight is 440 g/mol. The minimum Gasteiger partial charge on any atom is -0.431 e. The molecule has 1 amide bonds. The first-order valence-corrected chi connectivity index (χ1v) is 10.5. The van der Waals surface area contributed by atoms with E-state index in [0.717, 1.165) is 22.5 Å². The zero-order valence-corrected chi connectivity index (χ0v) is 18.5. The molecule has 0 saturated heterocycles. The summed E-state index contributed by atoms with van der Waals surface area (Å²) in [5.41, 5.74) is 4.08. The summed E-state index contributed by atoms with van der Waals surface area (Å²) in [7, 11) is 1.87. The van der Waals surface area contributed by atoms with E-state index >= 15 is 0 Å². The third kappa shape index (κ3) is 4.30. The van der Waals surface area contributed by atoms with E-state index in [1.54, 1.807) is 40.9 Å². The van der Waals surface area contributed by atoms with Crippen molar-refractivity contribution in [2.75, 3.05) is 10.2 Å². The van der Waals surface area contributed by atoms with Crippen LogP contribution in [0.1, 0.15) is 38.8 Å². The summed E-state index contributed by atoms with van der Waals surface area (Å²) in [5, 5.41) is 7.63. The second-order valence-electron chi connectivity index (χ2n) is 8.19. The van der Waals surface area contributed by atoms with Crippen LogP contribution < -0.4 is 15.0 Å². The lowest BCUT2D eigenvalue weighted by molar-refractivity contribution is -0.158. The van der Waals surface area contributed by atoms with Crippen molar-refractivity contribution < 1.29 is 18.3 Å². The molecular formula is C24H26F2N4O2. The Labute approximate surface area is 185 Å². The molecule has 4 rings (SSSR count). The molecule has 0 fully saturated rings. The van der Waals surface area contributed by atoms with Gasteiger partial charge in [-0.1, -0.05) is 18.2 Å². The minimum absolute atomic E-state index is 0.0418. The predicted octanol–water partition coefficient (Wildman–Crippen LogP) is 5.38. The SMILES string of the molecule is CC(=O)N1c2ccc(-c3ccnn3C)cc2[C@H](Nc2ccccc2OC(C)(F)F)C[C@@H]1C. The van der Waals surface area contributed by atoms with E-state index in [-0.39, 0.29) is 23.7 Å². The first-order chi connectivity index (χ1) is 15.1. The first kappa shape index (κ1) is 21.8. The molecular weight excluding hydrogens is 414 g/mol. The van der Waals surface area contributed by atoms with Gasteiger partial charge in [0, 0.05) is 44.4 Å². The number of aryl methyl sites for hydroxylation is 1. The van der Waals surface area contributed by atoms with Crippen LogP contribution in [0, 0.1) is 0 Å². The molecule has 0 unspecified atom stereocenters. The number of benzene rings is 2. The average Bonchev–Trinajstić information content (AvgIpc) is 3.13. The van der Waals surface area contributed by atoms with Crippen LogP contribution in [0.4, 0.5) is 20.2 Å². The van der Waals surface area contributed by atoms with Gasteiger partial charge in [-0.05, 0) is 49.2 Å². The molecule has 1 aliphatic heterocycles. The number of aromatic nitrogens is 2. The first-order valence-electron chi connectivity index (χ1n) is 10.5. The Morgan fingerprint density at radius 2 is 1.97 bits per heavy atom. The number of ether oxygens (including phenoxy) is 1. The molecule has 1 aliphatic rings. The van der Waals surface area contributed by atoms with Crippen molar-refractivity contribution in [3.8, 4) is 17.0 Å². The fourth-order valence-electron chi connectivity index (χ4n) is 4.35. The summed E-state index contributed by atoms with van der Waals surface area (Å²) < 4.78 is 33.8. The highest BCUT2D eigenvalue weighted by atomic mass is 19.3. The molecule has 0 bridgehead atoms. The number of hydrogen-bond donors (Lipinski definition) is 1. The molecule has 0 aliphatic carbocycles. The lowest BCUT2D eigenvalue weighted by Gasteiger charge is -2.40. The molecule has 3 aromatic rings.